The van der Waals surface area contributed by atoms with Gasteiger partial charge in [-0.3, -0.25) is 4.79 Å². The van der Waals surface area contributed by atoms with Crippen LogP contribution in [0.25, 0.3) is 0 Å². The fraction of sp³-hybridized carbons (Fsp3) is 0.462. The summed E-state index contributed by atoms with van der Waals surface area (Å²) in [5.74, 6) is -0.490. The minimum Gasteiger partial charge on any atom is -0.352 e. The van der Waals surface area contributed by atoms with Crippen LogP contribution in [0.15, 0.2) is 24.3 Å². The van der Waals surface area contributed by atoms with Crippen molar-refractivity contribution in [3.8, 4) is 0 Å². The number of hydrogen-bond donors (Lipinski definition) is 1. The maximum Gasteiger partial charge on any atom is 0.416 e. The molecule has 0 radical (unpaired) electrons. The molecule has 5 heteroatoms. The van der Waals surface area contributed by atoms with Crippen LogP contribution in [-0.2, 0) is 6.18 Å². The van der Waals surface area contributed by atoms with Crippen LogP contribution >= 0.6 is 0 Å². The average molecular weight is 259 g/mol. The van der Waals surface area contributed by atoms with Crippen LogP contribution in [-0.4, -0.2) is 12.5 Å². The van der Waals surface area contributed by atoms with E-state index in [1.165, 1.54) is 12.1 Å². The number of benzene rings is 1. The molecule has 0 atom stereocenters. The number of rotatable bonds is 2. The normalized spacial score (nSPS) is 12.3. The monoisotopic (exact) mass is 259 g/mol. The molecule has 0 heterocycles. The fourth-order valence-corrected chi connectivity index (χ4v) is 1.28. The lowest BCUT2D eigenvalue weighted by Crippen LogP contribution is -2.32. The number of alkyl halides is 3. The van der Waals surface area contributed by atoms with E-state index in [2.05, 4.69) is 5.32 Å². The number of hydrogen-bond acceptors (Lipinski definition) is 1. The molecule has 0 spiro atoms. The van der Waals surface area contributed by atoms with Gasteiger partial charge in [-0.05, 0) is 23.6 Å². The van der Waals surface area contributed by atoms with Crippen molar-refractivity contribution in [2.75, 3.05) is 6.54 Å². The van der Waals surface area contributed by atoms with Crippen molar-refractivity contribution in [2.24, 2.45) is 5.41 Å². The second-order valence-corrected chi connectivity index (χ2v) is 5.32. The number of amides is 1. The lowest BCUT2D eigenvalue weighted by Gasteiger charge is -2.18. The number of carbonyl (C=O) groups excluding carboxylic acids is 1. The first-order valence-corrected chi connectivity index (χ1v) is 5.55. The molecule has 100 valence electrons. The molecule has 0 fully saturated rings. The maximum absolute atomic E-state index is 12.5. The zero-order chi connectivity index (χ0) is 14.0. The molecule has 0 bridgehead atoms. The predicted octanol–water partition coefficient (Wildman–Crippen LogP) is 3.48. The van der Waals surface area contributed by atoms with Crippen molar-refractivity contribution < 1.29 is 18.0 Å². The summed E-state index contributed by atoms with van der Waals surface area (Å²) in [6, 6.07) is 4.40. The molecule has 0 aliphatic carbocycles. The molecule has 0 unspecified atom stereocenters. The summed E-state index contributed by atoms with van der Waals surface area (Å²) in [4.78, 5) is 11.7. The van der Waals surface area contributed by atoms with E-state index in [1.807, 2.05) is 20.8 Å². The summed E-state index contributed by atoms with van der Waals surface area (Å²) in [5, 5.41) is 2.61. The lowest BCUT2D eigenvalue weighted by atomic mass is 9.97. The van der Waals surface area contributed by atoms with Gasteiger partial charge in [0.2, 0.25) is 0 Å². The molecule has 18 heavy (non-hydrogen) atoms. The van der Waals surface area contributed by atoms with Gasteiger partial charge in [0.25, 0.3) is 5.91 Å². The van der Waals surface area contributed by atoms with Crippen molar-refractivity contribution in [3.63, 3.8) is 0 Å². The Kier molecular flexibility index (Phi) is 4.04. The van der Waals surface area contributed by atoms with Crippen LogP contribution in [0, 0.1) is 5.41 Å². The van der Waals surface area contributed by atoms with Crippen molar-refractivity contribution in [1.29, 1.82) is 0 Å². The molecule has 1 rings (SSSR count). The van der Waals surface area contributed by atoms with Gasteiger partial charge < -0.3 is 5.32 Å². The highest BCUT2D eigenvalue weighted by molar-refractivity contribution is 5.94. The molecule has 1 N–H and O–H groups in total. The van der Waals surface area contributed by atoms with E-state index in [0.717, 1.165) is 12.1 Å². The molecule has 1 aromatic rings. The van der Waals surface area contributed by atoms with Crippen molar-refractivity contribution in [2.45, 2.75) is 26.9 Å². The van der Waals surface area contributed by atoms with Gasteiger partial charge in [-0.1, -0.05) is 26.8 Å². The van der Waals surface area contributed by atoms with Gasteiger partial charge in [0.05, 0.1) is 5.56 Å². The Balaban J connectivity index is 2.81. The van der Waals surface area contributed by atoms with E-state index in [1.54, 1.807) is 0 Å². The largest absolute Gasteiger partial charge is 0.416 e. The zero-order valence-electron chi connectivity index (χ0n) is 10.6. The van der Waals surface area contributed by atoms with Gasteiger partial charge in [0, 0.05) is 12.1 Å². The topological polar surface area (TPSA) is 29.1 Å². The average Bonchev–Trinajstić information content (AvgIpc) is 2.24. The summed E-state index contributed by atoms with van der Waals surface area (Å²) in [6.07, 6.45) is -4.43. The molecule has 1 amide bonds. The van der Waals surface area contributed by atoms with E-state index >= 15 is 0 Å². The maximum atomic E-state index is 12.5. The van der Waals surface area contributed by atoms with Crippen LogP contribution < -0.4 is 5.32 Å². The summed E-state index contributed by atoms with van der Waals surface area (Å²) >= 11 is 0. The SMILES string of the molecule is CC(C)(C)CNC(=O)c1cccc(C(F)(F)F)c1. The number of halogens is 3. The third kappa shape index (κ3) is 4.39. The quantitative estimate of drug-likeness (QED) is 0.865. The van der Waals surface area contributed by atoms with E-state index in [-0.39, 0.29) is 11.0 Å². The number of carbonyl (C=O) groups is 1. The minimum atomic E-state index is -4.43. The van der Waals surface area contributed by atoms with Gasteiger partial charge >= 0.3 is 6.18 Å². The summed E-state index contributed by atoms with van der Waals surface area (Å²) in [6.45, 7) is 6.19. The van der Waals surface area contributed by atoms with Crippen molar-refractivity contribution in [3.05, 3.63) is 35.4 Å². The van der Waals surface area contributed by atoms with Crippen LogP contribution in [0.5, 0.6) is 0 Å². The van der Waals surface area contributed by atoms with E-state index in [0.29, 0.717) is 6.54 Å². The highest BCUT2D eigenvalue weighted by Crippen LogP contribution is 2.29. The first kappa shape index (κ1) is 14.5. The Hall–Kier alpha value is -1.52. The van der Waals surface area contributed by atoms with Gasteiger partial charge in [0.1, 0.15) is 0 Å². The molecule has 1 aromatic carbocycles. The van der Waals surface area contributed by atoms with Crippen LogP contribution in [0.4, 0.5) is 13.2 Å². The van der Waals surface area contributed by atoms with Gasteiger partial charge in [-0.2, -0.15) is 13.2 Å². The Morgan fingerprint density at radius 2 is 1.83 bits per heavy atom. The van der Waals surface area contributed by atoms with Crippen LogP contribution in [0.1, 0.15) is 36.7 Å². The lowest BCUT2D eigenvalue weighted by molar-refractivity contribution is -0.137. The predicted molar refractivity (Wildman–Crippen MR) is 63.2 cm³/mol. The fourth-order valence-electron chi connectivity index (χ4n) is 1.28. The summed E-state index contributed by atoms with van der Waals surface area (Å²) in [5.41, 5.74) is -0.905. The molecular weight excluding hydrogens is 243 g/mol. The molecule has 0 aliphatic heterocycles. The second kappa shape index (κ2) is 5.00. The summed E-state index contributed by atoms with van der Waals surface area (Å²) < 4.78 is 37.4. The molecule has 2 nitrogen and oxygen atoms in total. The number of nitrogens with one attached hydrogen (secondary N) is 1. The van der Waals surface area contributed by atoms with Gasteiger partial charge in [0.15, 0.2) is 0 Å². The van der Waals surface area contributed by atoms with Crippen LogP contribution in [0.2, 0.25) is 0 Å². The second-order valence-electron chi connectivity index (χ2n) is 5.32. The Morgan fingerprint density at radius 3 is 2.33 bits per heavy atom. The minimum absolute atomic E-state index is 0.0223. The third-order valence-electron chi connectivity index (χ3n) is 2.23. The van der Waals surface area contributed by atoms with Gasteiger partial charge in [-0.25, -0.2) is 0 Å². The summed E-state index contributed by atoms with van der Waals surface area (Å²) in [7, 11) is 0. The highest BCUT2D eigenvalue weighted by Gasteiger charge is 2.30. The Morgan fingerprint density at radius 1 is 1.22 bits per heavy atom. The van der Waals surface area contributed by atoms with Crippen molar-refractivity contribution >= 4 is 5.91 Å². The first-order chi connectivity index (χ1) is 8.09. The molecule has 0 saturated carbocycles. The third-order valence-corrected chi connectivity index (χ3v) is 2.23. The molecule has 0 aromatic heterocycles. The van der Waals surface area contributed by atoms with Gasteiger partial charge in [-0.15, -0.1) is 0 Å². The van der Waals surface area contributed by atoms with Crippen molar-refractivity contribution in [1.82, 2.24) is 5.32 Å². The first-order valence-electron chi connectivity index (χ1n) is 5.55. The van der Waals surface area contributed by atoms with E-state index in [9.17, 15) is 18.0 Å². The molecule has 0 aliphatic rings. The Bertz CT molecular complexity index is 433. The molecule has 0 saturated heterocycles. The molecular formula is C13H16F3NO. The van der Waals surface area contributed by atoms with E-state index in [4.69, 9.17) is 0 Å². The zero-order valence-corrected chi connectivity index (χ0v) is 10.6. The van der Waals surface area contributed by atoms with E-state index < -0.39 is 17.6 Å². The smallest absolute Gasteiger partial charge is 0.352 e. The Labute approximate surface area is 104 Å². The standard InChI is InChI=1S/C13H16F3NO/c1-12(2,3)8-17-11(18)9-5-4-6-10(7-9)13(14,15)16/h4-7H,8H2,1-3H3,(H,17,18). The highest BCUT2D eigenvalue weighted by atomic mass is 19.4. The van der Waals surface area contributed by atoms with Crippen LogP contribution in [0.3, 0.4) is 0 Å².